The number of aliphatic hydroxyl groups excluding tert-OH is 5. The summed E-state index contributed by atoms with van der Waals surface area (Å²) in [6.45, 7) is 3.87. The number of likely N-dealkylation sites (tertiary alicyclic amines) is 1. The Labute approximate surface area is 299 Å². The van der Waals surface area contributed by atoms with E-state index >= 15 is 0 Å². The van der Waals surface area contributed by atoms with E-state index in [9.17, 15) is 35.3 Å². The number of rotatable bonds is 18. The van der Waals surface area contributed by atoms with Gasteiger partial charge in [0, 0.05) is 42.2 Å². The Morgan fingerprint density at radius 1 is 1.08 bits per heavy atom. The third kappa shape index (κ3) is 9.68. The normalized spacial score (nSPS) is 29.4. The van der Waals surface area contributed by atoms with Crippen LogP contribution in [0.5, 0.6) is 0 Å². The number of thioether (sulfide) groups is 1. The molecule has 0 aromatic heterocycles. The number of benzene rings is 1. The molecule has 7 N–H and O–H groups in total. The van der Waals surface area contributed by atoms with E-state index in [0.29, 0.717) is 44.6 Å². The SMILES string of the molecule is CCN(Cc1ccc(COC(=O)NCCSC23CC4CC(CC(NCC(=O)N5CCC[C@H]5C#N)(C4)C2)C3)cc1)C[C@H](O)[C@@H](O)[C@H](O)[C@H](O)CO. The standard InChI is InChI=1S/C36H55N5O8S/c1-2-40(20-29(43)32(46)33(47)30(44)21-42)19-24-5-7-25(8-6-24)22-49-34(48)38-9-11-50-36-15-26-12-27(16-36)14-35(13-26,23-36)39-18-31(45)41-10-3-4-28(41)17-37/h5-8,26-30,32-33,39,42-44,46-47H,2-4,9-16,18-23H2,1H3,(H,38,48)/t26?,27?,28-,29-,30+,32+,33+,35?,36?/m0/s1. The highest BCUT2D eigenvalue weighted by Crippen LogP contribution is 2.62. The Morgan fingerprint density at radius 2 is 1.76 bits per heavy atom. The van der Waals surface area contributed by atoms with Gasteiger partial charge in [-0.05, 0) is 80.9 Å². The Kier molecular flexibility index (Phi) is 13.5. The first-order valence-corrected chi connectivity index (χ1v) is 19.1. The molecule has 4 aliphatic carbocycles. The molecule has 278 valence electrons. The van der Waals surface area contributed by atoms with Crippen LogP contribution in [-0.2, 0) is 22.7 Å². The molecule has 5 fully saturated rings. The zero-order valence-electron chi connectivity index (χ0n) is 29.1. The lowest BCUT2D eigenvalue weighted by molar-refractivity contribution is -0.131. The molecule has 1 aromatic carbocycles. The summed E-state index contributed by atoms with van der Waals surface area (Å²) < 4.78 is 5.62. The fourth-order valence-electron chi connectivity index (χ4n) is 8.98. The quantitative estimate of drug-likeness (QED) is 0.107. The van der Waals surface area contributed by atoms with Crippen LogP contribution >= 0.6 is 11.8 Å². The molecule has 5 aliphatic rings. The van der Waals surface area contributed by atoms with Crippen molar-refractivity contribution in [1.82, 2.24) is 20.4 Å². The van der Waals surface area contributed by atoms with E-state index < -0.39 is 37.1 Å². The van der Waals surface area contributed by atoms with Gasteiger partial charge in [-0.1, -0.05) is 31.2 Å². The van der Waals surface area contributed by atoms with Gasteiger partial charge in [0.05, 0.1) is 25.3 Å². The molecule has 6 rings (SSSR count). The maximum Gasteiger partial charge on any atom is 0.407 e. The first-order valence-electron chi connectivity index (χ1n) is 18.1. The smallest absolute Gasteiger partial charge is 0.407 e. The highest BCUT2D eigenvalue weighted by molar-refractivity contribution is 8.00. The summed E-state index contributed by atoms with van der Waals surface area (Å²) >= 11 is 1.95. The van der Waals surface area contributed by atoms with E-state index in [4.69, 9.17) is 9.84 Å². The lowest BCUT2D eigenvalue weighted by Crippen LogP contribution is -2.64. The monoisotopic (exact) mass is 717 g/mol. The number of alkyl carbamates (subject to hydrolysis) is 1. The van der Waals surface area contributed by atoms with Crippen LogP contribution < -0.4 is 10.6 Å². The average Bonchev–Trinajstić information content (AvgIpc) is 3.59. The highest BCUT2D eigenvalue weighted by Gasteiger charge is 2.57. The Hall–Kier alpha value is -2.48. The molecule has 14 heteroatoms. The van der Waals surface area contributed by atoms with E-state index in [2.05, 4.69) is 16.7 Å². The largest absolute Gasteiger partial charge is 0.445 e. The lowest BCUT2D eigenvalue weighted by Gasteiger charge is -2.62. The Balaban J connectivity index is 1.01. The van der Waals surface area contributed by atoms with E-state index in [1.807, 2.05) is 47.9 Å². The summed E-state index contributed by atoms with van der Waals surface area (Å²) in [5.74, 6) is 2.14. The van der Waals surface area contributed by atoms with Crippen molar-refractivity contribution >= 4 is 23.8 Å². The van der Waals surface area contributed by atoms with Gasteiger partial charge in [-0.2, -0.15) is 17.0 Å². The Bertz CT molecular complexity index is 1320. The van der Waals surface area contributed by atoms with Gasteiger partial charge < -0.3 is 45.8 Å². The molecule has 0 spiro atoms. The molecule has 7 atom stereocenters. The number of nitrogens with zero attached hydrogens (tertiary/aromatic N) is 3. The second kappa shape index (κ2) is 17.4. The van der Waals surface area contributed by atoms with Crippen molar-refractivity contribution in [3.8, 4) is 6.07 Å². The molecule has 1 heterocycles. The van der Waals surface area contributed by atoms with Crippen molar-refractivity contribution in [2.24, 2.45) is 11.8 Å². The fraction of sp³-hybridized carbons (Fsp3) is 0.750. The van der Waals surface area contributed by atoms with E-state index in [1.54, 1.807) is 4.90 Å². The molecule has 1 saturated heterocycles. The molecule has 1 aromatic rings. The van der Waals surface area contributed by atoms with E-state index in [1.165, 1.54) is 19.3 Å². The summed E-state index contributed by atoms with van der Waals surface area (Å²) in [6, 6.07) is 9.53. The zero-order valence-corrected chi connectivity index (χ0v) is 29.9. The average molecular weight is 718 g/mol. The number of ether oxygens (including phenoxy) is 1. The minimum Gasteiger partial charge on any atom is -0.445 e. The van der Waals surface area contributed by atoms with Crippen molar-refractivity contribution in [1.29, 1.82) is 5.26 Å². The van der Waals surface area contributed by atoms with Gasteiger partial charge >= 0.3 is 6.09 Å². The number of amides is 2. The number of nitrogens with one attached hydrogen (secondary N) is 2. The van der Waals surface area contributed by atoms with Gasteiger partial charge in [-0.3, -0.25) is 9.69 Å². The van der Waals surface area contributed by atoms with Crippen LogP contribution in [-0.4, -0.2) is 133 Å². The van der Waals surface area contributed by atoms with Gasteiger partial charge in [0.15, 0.2) is 0 Å². The maximum absolute atomic E-state index is 13.0. The molecule has 4 bridgehead atoms. The van der Waals surface area contributed by atoms with Gasteiger partial charge in [0.25, 0.3) is 0 Å². The van der Waals surface area contributed by atoms with E-state index in [-0.39, 0.29) is 35.4 Å². The van der Waals surface area contributed by atoms with Crippen LogP contribution in [0.4, 0.5) is 4.79 Å². The number of aliphatic hydroxyl groups is 5. The predicted octanol–water partition coefficient (Wildman–Crippen LogP) is 1.10. The topological polar surface area (TPSA) is 199 Å². The number of carbonyl (C=O) groups excluding carboxylic acids is 2. The Morgan fingerprint density at radius 3 is 2.42 bits per heavy atom. The summed E-state index contributed by atoms with van der Waals surface area (Å²) in [6.07, 6.45) is 1.95. The predicted molar refractivity (Wildman–Crippen MR) is 188 cm³/mol. The molecule has 13 nitrogen and oxygen atoms in total. The number of hydrogen-bond donors (Lipinski definition) is 7. The van der Waals surface area contributed by atoms with Crippen molar-refractivity contribution in [3.63, 3.8) is 0 Å². The van der Waals surface area contributed by atoms with Gasteiger partial charge in [-0.15, -0.1) is 0 Å². The lowest BCUT2D eigenvalue weighted by atomic mass is 9.52. The third-order valence-corrected chi connectivity index (χ3v) is 12.6. The van der Waals surface area contributed by atoms with Gasteiger partial charge in [0.1, 0.15) is 31.0 Å². The highest BCUT2D eigenvalue weighted by atomic mass is 32.2. The second-order valence-corrected chi connectivity index (χ2v) is 16.5. The summed E-state index contributed by atoms with van der Waals surface area (Å²) in [5, 5.41) is 64.9. The van der Waals surface area contributed by atoms with Crippen LogP contribution in [0, 0.1) is 23.2 Å². The van der Waals surface area contributed by atoms with Crippen LogP contribution in [0.3, 0.4) is 0 Å². The zero-order chi connectivity index (χ0) is 35.9. The van der Waals surface area contributed by atoms with Crippen molar-refractivity contribution in [2.75, 3.05) is 45.1 Å². The summed E-state index contributed by atoms with van der Waals surface area (Å²) in [5.41, 5.74) is 1.75. The van der Waals surface area contributed by atoms with E-state index in [0.717, 1.165) is 49.0 Å². The molecule has 0 radical (unpaired) electrons. The summed E-state index contributed by atoms with van der Waals surface area (Å²) in [4.78, 5) is 29.1. The molecule has 1 aliphatic heterocycles. The fourth-order valence-corrected chi connectivity index (χ4v) is 10.7. The molecule has 4 saturated carbocycles. The molecule has 2 amide bonds. The molecule has 50 heavy (non-hydrogen) atoms. The van der Waals surface area contributed by atoms with Crippen LogP contribution in [0.15, 0.2) is 24.3 Å². The van der Waals surface area contributed by atoms with Crippen LogP contribution in [0.25, 0.3) is 0 Å². The number of carbonyl (C=O) groups is 2. The minimum absolute atomic E-state index is 0.0240. The molecular formula is C36H55N5O8S. The van der Waals surface area contributed by atoms with Gasteiger partial charge in [-0.25, -0.2) is 4.79 Å². The number of nitriles is 1. The maximum atomic E-state index is 13.0. The number of likely N-dealkylation sites (N-methyl/N-ethyl adjacent to an activating group) is 1. The molecular weight excluding hydrogens is 662 g/mol. The molecule has 2 unspecified atom stereocenters. The van der Waals surface area contributed by atoms with Crippen molar-refractivity contribution in [3.05, 3.63) is 35.4 Å². The van der Waals surface area contributed by atoms with Crippen LogP contribution in [0.2, 0.25) is 0 Å². The second-order valence-electron chi connectivity index (χ2n) is 14.9. The first kappa shape index (κ1) is 38.7. The first-order chi connectivity index (χ1) is 24.0. The van der Waals surface area contributed by atoms with Crippen molar-refractivity contribution < 1.29 is 39.9 Å². The summed E-state index contributed by atoms with van der Waals surface area (Å²) in [7, 11) is 0. The number of hydrogen-bond acceptors (Lipinski definition) is 12. The van der Waals surface area contributed by atoms with Gasteiger partial charge in [0.2, 0.25) is 5.91 Å². The third-order valence-electron chi connectivity index (χ3n) is 11.1. The van der Waals surface area contributed by atoms with Crippen molar-refractivity contribution in [2.45, 2.75) is 112 Å². The van der Waals surface area contributed by atoms with Crippen LogP contribution in [0.1, 0.15) is 69.4 Å². The minimum atomic E-state index is -1.66.